The smallest absolute Gasteiger partial charge is 0.184 e. The van der Waals surface area contributed by atoms with Crippen LogP contribution in [-0.4, -0.2) is 24.6 Å². The maximum absolute atomic E-state index is 6.27. The van der Waals surface area contributed by atoms with E-state index in [0.717, 1.165) is 11.2 Å². The van der Waals surface area contributed by atoms with Crippen LogP contribution >= 0.6 is 11.6 Å². The summed E-state index contributed by atoms with van der Waals surface area (Å²) in [6.45, 7) is 0. The molecule has 0 radical (unpaired) electrons. The Labute approximate surface area is 118 Å². The molecular weight excluding hydrogens is 274 g/mol. The van der Waals surface area contributed by atoms with Gasteiger partial charge in [-0.2, -0.15) is 9.61 Å². The maximum atomic E-state index is 6.27. The van der Waals surface area contributed by atoms with Gasteiger partial charge in [0.25, 0.3) is 0 Å². The van der Waals surface area contributed by atoms with Gasteiger partial charge in [-0.3, -0.25) is 0 Å². The lowest BCUT2D eigenvalue weighted by Gasteiger charge is -2.06. The van der Waals surface area contributed by atoms with Gasteiger partial charge in [-0.15, -0.1) is 0 Å². The van der Waals surface area contributed by atoms with Gasteiger partial charge in [0.15, 0.2) is 16.4 Å². The molecule has 3 heterocycles. The van der Waals surface area contributed by atoms with Crippen LogP contribution in [0.25, 0.3) is 28.1 Å². The molecule has 4 aromatic rings. The van der Waals surface area contributed by atoms with E-state index >= 15 is 0 Å². The average molecular weight is 282 g/mol. The highest BCUT2D eigenvalue weighted by Crippen LogP contribution is 2.26. The average Bonchev–Trinajstić information content (AvgIpc) is 2.96. The summed E-state index contributed by atoms with van der Waals surface area (Å²) in [5, 5.41) is 4.54. The van der Waals surface area contributed by atoms with E-state index in [-0.39, 0.29) is 0 Å². The van der Waals surface area contributed by atoms with Crippen LogP contribution in [0.2, 0.25) is 5.15 Å². The molecule has 3 aromatic heterocycles. The van der Waals surface area contributed by atoms with Crippen LogP contribution in [0.5, 0.6) is 0 Å². The fourth-order valence-electron chi connectivity index (χ4n) is 2.13. The zero-order valence-electron chi connectivity index (χ0n) is 10.2. The largest absolute Gasteiger partial charge is 0.240 e. The predicted molar refractivity (Wildman–Crippen MR) is 76.5 cm³/mol. The Balaban J connectivity index is 2.05. The van der Waals surface area contributed by atoms with Crippen LogP contribution in [0.15, 0.2) is 48.8 Å². The minimum Gasteiger partial charge on any atom is -0.240 e. The topological polar surface area (TPSA) is 56.0 Å². The lowest BCUT2D eigenvalue weighted by Crippen LogP contribution is -1.99. The third-order valence-corrected chi connectivity index (χ3v) is 3.31. The van der Waals surface area contributed by atoms with Gasteiger partial charge in [-0.25, -0.2) is 15.0 Å². The summed E-state index contributed by atoms with van der Waals surface area (Å²) in [5.41, 5.74) is 3.55. The van der Waals surface area contributed by atoms with Crippen molar-refractivity contribution in [2.45, 2.75) is 0 Å². The molecule has 96 valence electrons. The summed E-state index contributed by atoms with van der Waals surface area (Å²) >= 11 is 6.27. The second-order valence-electron chi connectivity index (χ2n) is 4.30. The Kier molecular flexibility index (Phi) is 2.40. The van der Waals surface area contributed by atoms with Gasteiger partial charge in [0.1, 0.15) is 11.2 Å². The van der Waals surface area contributed by atoms with Crippen LogP contribution in [0.4, 0.5) is 0 Å². The van der Waals surface area contributed by atoms with Crippen molar-refractivity contribution in [3.63, 3.8) is 0 Å². The van der Waals surface area contributed by atoms with Gasteiger partial charge in [-0.1, -0.05) is 41.9 Å². The lowest BCUT2D eigenvalue weighted by molar-refractivity contribution is 0.957. The Morgan fingerprint density at radius 3 is 2.70 bits per heavy atom. The van der Waals surface area contributed by atoms with Gasteiger partial charge in [-0.05, 0) is 0 Å². The van der Waals surface area contributed by atoms with Crippen LogP contribution in [0.1, 0.15) is 0 Å². The summed E-state index contributed by atoms with van der Waals surface area (Å²) in [6, 6.07) is 11.5. The SMILES string of the molecule is Clc1nc2c(cnc3ccnn32)nc1-c1ccccc1. The van der Waals surface area contributed by atoms with E-state index in [1.54, 1.807) is 23.0 Å². The van der Waals surface area contributed by atoms with E-state index < -0.39 is 0 Å². The van der Waals surface area contributed by atoms with E-state index in [2.05, 4.69) is 20.1 Å². The molecule has 0 bridgehead atoms. The van der Waals surface area contributed by atoms with E-state index in [1.807, 2.05) is 30.3 Å². The first-order valence-electron chi connectivity index (χ1n) is 6.04. The number of hydrogen-bond acceptors (Lipinski definition) is 4. The molecular formula is C14H8ClN5. The highest BCUT2D eigenvalue weighted by atomic mass is 35.5. The molecule has 0 spiro atoms. The van der Waals surface area contributed by atoms with Crippen molar-refractivity contribution in [3.05, 3.63) is 53.9 Å². The first kappa shape index (κ1) is 11.3. The van der Waals surface area contributed by atoms with E-state index in [0.29, 0.717) is 22.0 Å². The molecule has 4 rings (SSSR count). The Morgan fingerprint density at radius 2 is 1.85 bits per heavy atom. The van der Waals surface area contributed by atoms with Crippen molar-refractivity contribution >= 4 is 28.4 Å². The number of halogens is 1. The molecule has 0 saturated heterocycles. The molecule has 0 N–H and O–H groups in total. The second-order valence-corrected chi connectivity index (χ2v) is 4.66. The fraction of sp³-hybridized carbons (Fsp3) is 0. The molecule has 20 heavy (non-hydrogen) atoms. The summed E-state index contributed by atoms with van der Waals surface area (Å²) in [6.07, 6.45) is 3.35. The number of rotatable bonds is 1. The Bertz CT molecular complexity index is 917. The molecule has 0 aliphatic rings. The summed E-state index contributed by atoms with van der Waals surface area (Å²) in [7, 11) is 0. The van der Waals surface area contributed by atoms with Gasteiger partial charge < -0.3 is 0 Å². The molecule has 6 heteroatoms. The van der Waals surface area contributed by atoms with Crippen LogP contribution in [-0.2, 0) is 0 Å². The predicted octanol–water partition coefficient (Wildman–Crippen LogP) is 2.99. The van der Waals surface area contributed by atoms with Crippen molar-refractivity contribution in [3.8, 4) is 11.3 Å². The molecule has 0 amide bonds. The van der Waals surface area contributed by atoms with Crippen molar-refractivity contribution in [2.75, 3.05) is 0 Å². The normalized spacial score (nSPS) is 11.2. The molecule has 0 unspecified atom stereocenters. The summed E-state index contributed by atoms with van der Waals surface area (Å²) in [5.74, 6) is 0. The highest BCUT2D eigenvalue weighted by molar-refractivity contribution is 6.32. The van der Waals surface area contributed by atoms with Gasteiger partial charge in [0.05, 0.1) is 12.4 Å². The molecule has 0 aliphatic carbocycles. The van der Waals surface area contributed by atoms with E-state index in [9.17, 15) is 0 Å². The van der Waals surface area contributed by atoms with Gasteiger partial charge >= 0.3 is 0 Å². The monoisotopic (exact) mass is 281 g/mol. The zero-order chi connectivity index (χ0) is 13.5. The standard InChI is InChI=1S/C14H8ClN5/c15-13-12(9-4-2-1-3-5-9)18-10-8-16-11-6-7-17-20(11)14(10)19-13/h1-8H. The molecule has 0 saturated carbocycles. The molecule has 0 fully saturated rings. The van der Waals surface area contributed by atoms with E-state index in [4.69, 9.17) is 11.6 Å². The molecule has 0 atom stereocenters. The van der Waals surface area contributed by atoms with Crippen molar-refractivity contribution in [1.29, 1.82) is 0 Å². The zero-order valence-corrected chi connectivity index (χ0v) is 11.0. The summed E-state index contributed by atoms with van der Waals surface area (Å²) in [4.78, 5) is 13.3. The van der Waals surface area contributed by atoms with Crippen molar-refractivity contribution < 1.29 is 0 Å². The fourth-order valence-corrected chi connectivity index (χ4v) is 2.36. The number of benzene rings is 1. The first-order chi connectivity index (χ1) is 9.83. The minimum atomic E-state index is 0.353. The molecule has 5 nitrogen and oxygen atoms in total. The Morgan fingerprint density at radius 1 is 1.00 bits per heavy atom. The first-order valence-corrected chi connectivity index (χ1v) is 6.42. The minimum absolute atomic E-state index is 0.353. The maximum Gasteiger partial charge on any atom is 0.184 e. The molecule has 1 aromatic carbocycles. The third-order valence-electron chi connectivity index (χ3n) is 3.05. The van der Waals surface area contributed by atoms with Crippen LogP contribution in [0.3, 0.4) is 0 Å². The molecule has 0 aliphatic heterocycles. The van der Waals surface area contributed by atoms with E-state index in [1.165, 1.54) is 0 Å². The van der Waals surface area contributed by atoms with Gasteiger partial charge in [0, 0.05) is 11.6 Å². The quantitative estimate of drug-likeness (QED) is 0.538. The number of aromatic nitrogens is 5. The van der Waals surface area contributed by atoms with Crippen molar-refractivity contribution in [1.82, 2.24) is 24.6 Å². The lowest BCUT2D eigenvalue weighted by atomic mass is 10.2. The highest BCUT2D eigenvalue weighted by Gasteiger charge is 2.11. The number of nitrogens with zero attached hydrogens (tertiary/aromatic N) is 5. The van der Waals surface area contributed by atoms with Gasteiger partial charge in [0.2, 0.25) is 0 Å². The van der Waals surface area contributed by atoms with Crippen molar-refractivity contribution in [2.24, 2.45) is 0 Å². The number of fused-ring (bicyclic) bond motifs is 3. The number of hydrogen-bond donors (Lipinski definition) is 0. The van der Waals surface area contributed by atoms with Crippen LogP contribution in [0, 0.1) is 0 Å². The summed E-state index contributed by atoms with van der Waals surface area (Å²) < 4.78 is 1.63. The Hall–Kier alpha value is -2.53. The third kappa shape index (κ3) is 1.64. The second kappa shape index (κ2) is 4.25. The van der Waals surface area contributed by atoms with Crippen LogP contribution < -0.4 is 0 Å².